The van der Waals surface area contributed by atoms with E-state index in [4.69, 9.17) is 9.15 Å². The van der Waals surface area contributed by atoms with Crippen LogP contribution in [0.25, 0.3) is 66.9 Å². The first kappa shape index (κ1) is 31.8. The Morgan fingerprint density at radius 2 is 1.18 bits per heavy atom. The van der Waals surface area contributed by atoms with Crippen LogP contribution in [0.4, 0.5) is 17.1 Å². The third-order valence-corrected chi connectivity index (χ3v) is 11.2. The molecule has 3 atom stereocenters. The van der Waals surface area contributed by atoms with Crippen molar-refractivity contribution in [2.45, 2.75) is 18.4 Å². The molecule has 1 N–H and O–H groups in total. The fourth-order valence-electron chi connectivity index (χ4n) is 8.54. The summed E-state index contributed by atoms with van der Waals surface area (Å²) in [5.74, 6) is 0. The van der Waals surface area contributed by atoms with Gasteiger partial charge in [-0.2, -0.15) is 0 Å². The maximum atomic E-state index is 6.52. The molecule has 0 amide bonds. The minimum Gasteiger partial charge on any atom is -0.456 e. The van der Waals surface area contributed by atoms with Crippen molar-refractivity contribution in [1.29, 1.82) is 0 Å². The molecular formula is C51H36N2O2. The Morgan fingerprint density at radius 3 is 2.02 bits per heavy atom. The highest BCUT2D eigenvalue weighted by atomic mass is 16.5. The van der Waals surface area contributed by atoms with Crippen LogP contribution in [0.1, 0.15) is 11.8 Å². The van der Waals surface area contributed by atoms with Crippen molar-refractivity contribution in [3.8, 4) is 22.3 Å². The Kier molecular flexibility index (Phi) is 7.51. The molecule has 0 bridgehead atoms. The van der Waals surface area contributed by atoms with Gasteiger partial charge in [-0.3, -0.25) is 5.32 Å². The first-order valence-corrected chi connectivity index (χ1v) is 18.9. The van der Waals surface area contributed by atoms with Crippen molar-refractivity contribution in [1.82, 2.24) is 5.32 Å². The lowest BCUT2D eigenvalue weighted by atomic mass is 9.97. The molecule has 1 saturated heterocycles. The number of anilines is 3. The van der Waals surface area contributed by atoms with Crippen LogP contribution in [0.2, 0.25) is 0 Å². The van der Waals surface area contributed by atoms with Crippen LogP contribution in [-0.2, 0) is 4.74 Å². The Labute approximate surface area is 318 Å². The van der Waals surface area contributed by atoms with Gasteiger partial charge < -0.3 is 14.1 Å². The van der Waals surface area contributed by atoms with E-state index in [0.717, 1.165) is 55.4 Å². The molecule has 2 aliphatic rings. The standard InChI is InChI=1S/C51H36N2O2/c1-3-13-34(14-4-1)40-19-11-12-22-46(40)53(47-29-37-17-7-8-18-39(37)41-20-9-10-21-42(41)47)38-26-23-33(24-27-38)36-25-28-43-44-31-50-45(32-49(44)54-48(43)30-36)52-51(55-50)35-15-5-2-6-16-35/h1-32,45,50-52H. The molecule has 4 nitrogen and oxygen atoms in total. The fourth-order valence-corrected chi connectivity index (χ4v) is 8.54. The SMILES string of the molecule is C1=c2oc3cc(-c4ccc(N(c5ccccc5-c5ccccc5)c5cc6ccccc6c6ccccc56)cc4)ccc3c2=CC2OC(c3ccccc3)NC12. The molecule has 1 fully saturated rings. The summed E-state index contributed by atoms with van der Waals surface area (Å²) in [6.45, 7) is 0. The van der Waals surface area contributed by atoms with Gasteiger partial charge in [0.15, 0.2) is 0 Å². The minimum atomic E-state index is -0.142. The second-order valence-corrected chi connectivity index (χ2v) is 14.4. The van der Waals surface area contributed by atoms with Crippen LogP contribution in [0.5, 0.6) is 0 Å². The molecule has 8 aromatic carbocycles. The number of para-hydroxylation sites is 1. The number of nitrogens with one attached hydrogen (secondary N) is 1. The van der Waals surface area contributed by atoms with Crippen molar-refractivity contribution in [3.63, 3.8) is 0 Å². The zero-order valence-electron chi connectivity index (χ0n) is 30.0. The van der Waals surface area contributed by atoms with Crippen LogP contribution in [0, 0.1) is 0 Å². The van der Waals surface area contributed by atoms with E-state index >= 15 is 0 Å². The Balaban J connectivity index is 0.997. The smallest absolute Gasteiger partial charge is 0.136 e. The first-order chi connectivity index (χ1) is 27.2. The topological polar surface area (TPSA) is 37.6 Å². The van der Waals surface area contributed by atoms with Crippen molar-refractivity contribution >= 4 is 61.7 Å². The zero-order valence-corrected chi connectivity index (χ0v) is 30.0. The molecule has 4 heteroatoms. The largest absolute Gasteiger partial charge is 0.456 e. The lowest BCUT2D eigenvalue weighted by Gasteiger charge is -2.29. The maximum absolute atomic E-state index is 6.52. The zero-order chi connectivity index (χ0) is 36.3. The van der Waals surface area contributed by atoms with Crippen molar-refractivity contribution < 1.29 is 9.15 Å². The molecule has 9 aromatic rings. The predicted molar refractivity (Wildman–Crippen MR) is 226 cm³/mol. The van der Waals surface area contributed by atoms with E-state index in [-0.39, 0.29) is 18.4 Å². The van der Waals surface area contributed by atoms with Gasteiger partial charge in [0.25, 0.3) is 0 Å². The molecule has 1 aromatic heterocycles. The number of rotatable bonds is 6. The van der Waals surface area contributed by atoms with Gasteiger partial charge in [-0.1, -0.05) is 146 Å². The normalized spacial score (nSPS) is 17.4. The molecule has 0 radical (unpaired) electrons. The molecule has 0 saturated carbocycles. The van der Waals surface area contributed by atoms with E-state index < -0.39 is 0 Å². The van der Waals surface area contributed by atoms with Crippen LogP contribution in [-0.4, -0.2) is 12.1 Å². The monoisotopic (exact) mass is 708 g/mol. The summed E-state index contributed by atoms with van der Waals surface area (Å²) < 4.78 is 13.0. The van der Waals surface area contributed by atoms with Gasteiger partial charge >= 0.3 is 0 Å². The highest BCUT2D eigenvalue weighted by Crippen LogP contribution is 2.45. The predicted octanol–water partition coefficient (Wildman–Crippen LogP) is 11.2. The Hall–Kier alpha value is -6.72. The highest BCUT2D eigenvalue weighted by Gasteiger charge is 2.34. The number of ether oxygens (including phenoxy) is 1. The summed E-state index contributed by atoms with van der Waals surface area (Å²) in [5.41, 5.74) is 10.8. The molecular weight excluding hydrogens is 673 g/mol. The molecule has 55 heavy (non-hydrogen) atoms. The fraction of sp³-hybridized carbons (Fsp3) is 0.0588. The highest BCUT2D eigenvalue weighted by molar-refractivity contribution is 6.15. The Bertz CT molecular complexity index is 3010. The number of hydrogen-bond donors (Lipinski definition) is 1. The van der Waals surface area contributed by atoms with Gasteiger partial charge in [-0.05, 0) is 87.0 Å². The van der Waals surface area contributed by atoms with E-state index in [0.29, 0.717) is 0 Å². The first-order valence-electron chi connectivity index (χ1n) is 18.9. The van der Waals surface area contributed by atoms with Gasteiger partial charge in [-0.25, -0.2) is 0 Å². The van der Waals surface area contributed by atoms with Gasteiger partial charge in [-0.15, -0.1) is 0 Å². The van der Waals surface area contributed by atoms with Gasteiger partial charge in [0.05, 0.1) is 23.5 Å². The quantitative estimate of drug-likeness (QED) is 0.175. The number of hydrogen-bond acceptors (Lipinski definition) is 4. The third kappa shape index (κ3) is 5.46. The lowest BCUT2D eigenvalue weighted by Crippen LogP contribution is -2.38. The van der Waals surface area contributed by atoms with E-state index in [9.17, 15) is 0 Å². The molecule has 1 aliphatic heterocycles. The maximum Gasteiger partial charge on any atom is 0.136 e. The van der Waals surface area contributed by atoms with Crippen molar-refractivity contribution in [2.24, 2.45) is 0 Å². The van der Waals surface area contributed by atoms with E-state index in [1.165, 1.54) is 32.7 Å². The van der Waals surface area contributed by atoms with Gasteiger partial charge in [0.1, 0.15) is 17.2 Å². The van der Waals surface area contributed by atoms with Crippen LogP contribution < -0.4 is 20.9 Å². The summed E-state index contributed by atoms with van der Waals surface area (Å²) in [4.78, 5) is 2.42. The minimum absolute atomic E-state index is 0.0552. The molecule has 2 heterocycles. The van der Waals surface area contributed by atoms with E-state index in [1.807, 2.05) is 18.2 Å². The average Bonchev–Trinajstić information content (AvgIpc) is 3.84. The number of furan rings is 1. The second kappa shape index (κ2) is 13.0. The van der Waals surface area contributed by atoms with E-state index in [1.54, 1.807) is 0 Å². The van der Waals surface area contributed by atoms with Crippen molar-refractivity contribution in [3.05, 3.63) is 198 Å². The van der Waals surface area contributed by atoms with Crippen LogP contribution in [0.3, 0.4) is 0 Å². The van der Waals surface area contributed by atoms with Crippen LogP contribution in [0.15, 0.2) is 186 Å². The second-order valence-electron chi connectivity index (χ2n) is 14.4. The summed E-state index contributed by atoms with van der Waals surface area (Å²) in [6.07, 6.45) is 4.20. The van der Waals surface area contributed by atoms with Gasteiger partial charge in [0.2, 0.25) is 0 Å². The summed E-state index contributed by atoms with van der Waals surface area (Å²) in [5, 5.41) is 10.7. The average molecular weight is 709 g/mol. The molecule has 1 aliphatic carbocycles. The van der Waals surface area contributed by atoms with E-state index in [2.05, 4.69) is 186 Å². The molecule has 0 spiro atoms. The summed E-state index contributed by atoms with van der Waals surface area (Å²) in [6, 6.07) is 65.0. The lowest BCUT2D eigenvalue weighted by molar-refractivity contribution is 0.0708. The molecule has 11 rings (SSSR count). The van der Waals surface area contributed by atoms with Crippen LogP contribution >= 0.6 is 0 Å². The summed E-state index contributed by atoms with van der Waals surface area (Å²) >= 11 is 0. The molecule has 262 valence electrons. The van der Waals surface area contributed by atoms with Gasteiger partial charge in [0, 0.05) is 27.2 Å². The molecule has 3 unspecified atom stereocenters. The summed E-state index contributed by atoms with van der Waals surface area (Å²) in [7, 11) is 0. The Morgan fingerprint density at radius 1 is 0.491 bits per heavy atom. The number of nitrogens with zero attached hydrogens (tertiary/aromatic N) is 1. The van der Waals surface area contributed by atoms with Crippen molar-refractivity contribution in [2.75, 3.05) is 4.90 Å². The third-order valence-electron chi connectivity index (χ3n) is 11.2. The number of fused-ring (bicyclic) bond motifs is 7. The number of benzene rings is 8.